The molecule has 0 aliphatic carbocycles. The molecule has 0 heterocycles. The number of benzene rings is 2. The van der Waals surface area contributed by atoms with Crippen molar-refractivity contribution in [1.29, 1.82) is 0 Å². The number of rotatable bonds is 15. The molecule has 10 heteroatoms. The van der Waals surface area contributed by atoms with Crippen molar-refractivity contribution in [3.05, 3.63) is 71.8 Å². The first kappa shape index (κ1) is 32.1. The molecule has 0 aliphatic heterocycles. The SMILES string of the molecule is CC(C)C[C@H](NC(=O)[C@@H](N)COC(F)F)C(=O)C[C@@H](Cc1ccccc1)C(=O)OCc1ccccc1.Cl. The molecule has 3 atom stereocenters. The van der Waals surface area contributed by atoms with Gasteiger partial charge in [-0.25, -0.2) is 0 Å². The number of alkyl halides is 2. The molecule has 0 aromatic heterocycles. The van der Waals surface area contributed by atoms with Gasteiger partial charge >= 0.3 is 12.6 Å². The summed E-state index contributed by atoms with van der Waals surface area (Å²) in [7, 11) is 0. The van der Waals surface area contributed by atoms with E-state index >= 15 is 0 Å². The lowest BCUT2D eigenvalue weighted by Crippen LogP contribution is -2.51. The van der Waals surface area contributed by atoms with Crippen molar-refractivity contribution in [2.75, 3.05) is 6.61 Å². The lowest BCUT2D eigenvalue weighted by molar-refractivity contribution is -0.151. The van der Waals surface area contributed by atoms with Crippen LogP contribution < -0.4 is 11.1 Å². The van der Waals surface area contributed by atoms with Gasteiger partial charge in [0.2, 0.25) is 5.91 Å². The molecule has 0 bridgehead atoms. The Morgan fingerprint density at radius 1 is 0.946 bits per heavy atom. The van der Waals surface area contributed by atoms with E-state index in [4.69, 9.17) is 10.5 Å². The van der Waals surface area contributed by atoms with Crippen molar-refractivity contribution in [3.63, 3.8) is 0 Å². The van der Waals surface area contributed by atoms with Crippen molar-refractivity contribution in [2.45, 2.75) is 58.4 Å². The summed E-state index contributed by atoms with van der Waals surface area (Å²) >= 11 is 0. The Morgan fingerprint density at radius 2 is 1.51 bits per heavy atom. The van der Waals surface area contributed by atoms with Crippen molar-refractivity contribution in [2.24, 2.45) is 17.6 Å². The minimum Gasteiger partial charge on any atom is -0.461 e. The molecule has 3 N–H and O–H groups in total. The van der Waals surface area contributed by atoms with Gasteiger partial charge in [-0.15, -0.1) is 12.4 Å². The first-order chi connectivity index (χ1) is 17.2. The highest BCUT2D eigenvalue weighted by molar-refractivity contribution is 5.92. The van der Waals surface area contributed by atoms with Gasteiger partial charge in [0.1, 0.15) is 12.6 Å². The fourth-order valence-electron chi connectivity index (χ4n) is 3.64. The van der Waals surface area contributed by atoms with E-state index in [9.17, 15) is 23.2 Å². The molecule has 7 nitrogen and oxygen atoms in total. The summed E-state index contributed by atoms with van der Waals surface area (Å²) in [4.78, 5) is 38.7. The largest absolute Gasteiger partial charge is 0.461 e. The molecule has 204 valence electrons. The van der Waals surface area contributed by atoms with Crippen molar-refractivity contribution in [1.82, 2.24) is 5.32 Å². The summed E-state index contributed by atoms with van der Waals surface area (Å²) in [5.41, 5.74) is 7.32. The Labute approximate surface area is 222 Å². The van der Waals surface area contributed by atoms with Gasteiger partial charge in [0.25, 0.3) is 0 Å². The Kier molecular flexibility index (Phi) is 14.6. The number of nitrogens with one attached hydrogen (secondary N) is 1. The Balaban J connectivity index is 0.00000684. The number of nitrogens with two attached hydrogens (primary N) is 1. The van der Waals surface area contributed by atoms with Crippen LogP contribution >= 0.6 is 12.4 Å². The third kappa shape index (κ3) is 12.3. The summed E-state index contributed by atoms with van der Waals surface area (Å²) in [6.07, 6.45) is 0.414. The molecule has 0 saturated heterocycles. The van der Waals surface area contributed by atoms with Gasteiger partial charge in [-0.3, -0.25) is 14.4 Å². The normalized spacial score (nSPS) is 13.4. The standard InChI is InChI=1S/C27H34F2N2O5.ClH/c1-18(2)13-23(31-25(33)22(30)17-36-27(28)29)24(32)15-21(14-19-9-5-3-6-10-19)26(34)35-16-20-11-7-4-8-12-20;/h3-12,18,21-23,27H,13-17,30H2,1-2H3,(H,31,33);1H/t21-,22+,23+;/m1./s1. The fraction of sp³-hybridized carbons (Fsp3) is 0.444. The summed E-state index contributed by atoms with van der Waals surface area (Å²) in [5.74, 6) is -2.40. The van der Waals surface area contributed by atoms with Gasteiger partial charge in [0.15, 0.2) is 5.78 Å². The van der Waals surface area contributed by atoms with Crippen LogP contribution in [-0.2, 0) is 36.9 Å². The van der Waals surface area contributed by atoms with E-state index in [1.165, 1.54) is 0 Å². The second-order valence-electron chi connectivity index (χ2n) is 9.04. The van der Waals surface area contributed by atoms with Crippen LogP contribution in [0.25, 0.3) is 0 Å². The first-order valence-corrected chi connectivity index (χ1v) is 11.9. The van der Waals surface area contributed by atoms with Gasteiger partial charge in [-0.05, 0) is 29.9 Å². The zero-order valence-corrected chi connectivity index (χ0v) is 21.8. The number of ether oxygens (including phenoxy) is 2. The van der Waals surface area contributed by atoms with Crippen LogP contribution in [0.3, 0.4) is 0 Å². The molecule has 0 radical (unpaired) electrons. The van der Waals surface area contributed by atoms with Gasteiger partial charge < -0.3 is 20.5 Å². The summed E-state index contributed by atoms with van der Waals surface area (Å²) < 4.78 is 34.2. The number of Topliss-reactive ketones (excluding diaryl/α,β-unsaturated/α-hetero) is 1. The number of carbonyl (C=O) groups is 3. The van der Waals surface area contributed by atoms with Gasteiger partial charge in [-0.1, -0.05) is 74.5 Å². The minimum atomic E-state index is -3.06. The van der Waals surface area contributed by atoms with Crippen molar-refractivity contribution >= 4 is 30.1 Å². The molecule has 0 unspecified atom stereocenters. The average Bonchev–Trinajstić information content (AvgIpc) is 2.85. The van der Waals surface area contributed by atoms with Crippen molar-refractivity contribution in [3.8, 4) is 0 Å². The van der Waals surface area contributed by atoms with E-state index in [0.717, 1.165) is 11.1 Å². The predicted octanol–water partition coefficient (Wildman–Crippen LogP) is 4.07. The molecule has 2 aromatic rings. The third-order valence-electron chi connectivity index (χ3n) is 5.48. The van der Waals surface area contributed by atoms with E-state index in [2.05, 4.69) is 10.1 Å². The molecular weight excluding hydrogens is 506 g/mol. The smallest absolute Gasteiger partial charge is 0.345 e. The highest BCUT2D eigenvalue weighted by Gasteiger charge is 2.30. The lowest BCUT2D eigenvalue weighted by atomic mass is 9.89. The van der Waals surface area contributed by atoms with Crippen LogP contribution in [0.4, 0.5) is 8.78 Å². The van der Waals surface area contributed by atoms with Crippen molar-refractivity contribution < 1.29 is 32.6 Å². The maximum atomic E-state index is 13.3. The fourth-order valence-corrected chi connectivity index (χ4v) is 3.64. The summed E-state index contributed by atoms with van der Waals surface area (Å²) in [6, 6.07) is 16.2. The number of carbonyl (C=O) groups excluding carboxylic acids is 3. The molecule has 1 amide bonds. The monoisotopic (exact) mass is 540 g/mol. The number of halogens is 3. The Morgan fingerprint density at radius 3 is 2.05 bits per heavy atom. The van der Waals surface area contributed by atoms with Gasteiger partial charge in [0, 0.05) is 6.42 Å². The summed E-state index contributed by atoms with van der Waals surface area (Å²) in [5, 5.41) is 2.55. The van der Waals surface area contributed by atoms with Crippen LogP contribution in [0.1, 0.15) is 37.8 Å². The third-order valence-corrected chi connectivity index (χ3v) is 5.48. The predicted molar refractivity (Wildman–Crippen MR) is 138 cm³/mol. The van der Waals surface area contributed by atoms with E-state index in [1.807, 2.05) is 74.5 Å². The second-order valence-corrected chi connectivity index (χ2v) is 9.04. The van der Waals surface area contributed by atoms with Crippen LogP contribution in [0.2, 0.25) is 0 Å². The van der Waals surface area contributed by atoms with E-state index < -0.39 is 43.1 Å². The minimum absolute atomic E-state index is 0. The molecule has 2 aromatic carbocycles. The topological polar surface area (TPSA) is 108 Å². The van der Waals surface area contributed by atoms with Crippen LogP contribution in [0, 0.1) is 11.8 Å². The summed E-state index contributed by atoms with van der Waals surface area (Å²) in [6.45, 7) is 0.0836. The van der Waals surface area contributed by atoms with E-state index in [1.54, 1.807) is 0 Å². The number of esters is 1. The maximum Gasteiger partial charge on any atom is 0.345 e. The van der Waals surface area contributed by atoms with Crippen LogP contribution in [-0.4, -0.2) is 43.0 Å². The second kappa shape index (κ2) is 16.8. The van der Waals surface area contributed by atoms with E-state index in [0.29, 0.717) is 6.42 Å². The quantitative estimate of drug-likeness (QED) is 0.330. The maximum absolute atomic E-state index is 13.3. The average molecular weight is 541 g/mol. The zero-order chi connectivity index (χ0) is 26.5. The number of ketones is 1. The lowest BCUT2D eigenvalue weighted by Gasteiger charge is -2.24. The zero-order valence-electron chi connectivity index (χ0n) is 21.0. The van der Waals surface area contributed by atoms with Crippen LogP contribution in [0.15, 0.2) is 60.7 Å². The first-order valence-electron chi connectivity index (χ1n) is 11.9. The Bertz CT molecular complexity index is 964. The van der Waals surface area contributed by atoms with E-state index in [-0.39, 0.29) is 43.6 Å². The molecule has 0 saturated carbocycles. The highest BCUT2D eigenvalue weighted by atomic mass is 35.5. The molecule has 37 heavy (non-hydrogen) atoms. The molecular formula is C27H35ClF2N2O5. The van der Waals surface area contributed by atoms with Gasteiger partial charge in [-0.2, -0.15) is 8.78 Å². The molecule has 0 fully saturated rings. The number of amides is 1. The number of hydrogen-bond acceptors (Lipinski definition) is 6. The van der Waals surface area contributed by atoms with Crippen LogP contribution in [0.5, 0.6) is 0 Å². The Hall–Kier alpha value is -2.88. The molecule has 0 spiro atoms. The highest BCUT2D eigenvalue weighted by Crippen LogP contribution is 2.19. The number of hydrogen-bond donors (Lipinski definition) is 2. The molecule has 0 aliphatic rings. The molecule has 2 rings (SSSR count). The van der Waals surface area contributed by atoms with Gasteiger partial charge in [0.05, 0.1) is 18.6 Å².